The van der Waals surface area contributed by atoms with Crippen LogP contribution >= 0.6 is 0 Å². The maximum absolute atomic E-state index is 11.0. The van der Waals surface area contributed by atoms with Gasteiger partial charge in [0.2, 0.25) is 0 Å². The number of rotatable bonds is 9. The number of benzene rings is 1. The van der Waals surface area contributed by atoms with Gasteiger partial charge in [-0.1, -0.05) is 19.1 Å². The second kappa shape index (κ2) is 7.84. The highest BCUT2D eigenvalue weighted by atomic mass is 17.3. The van der Waals surface area contributed by atoms with E-state index in [0.717, 1.165) is 56.1 Å². The zero-order valence-corrected chi connectivity index (χ0v) is 18.8. The van der Waals surface area contributed by atoms with Crippen LogP contribution in [-0.4, -0.2) is 37.8 Å². The maximum Gasteiger partial charge on any atom is 0.260 e. The van der Waals surface area contributed by atoms with Crippen LogP contribution in [0.5, 0.6) is 5.75 Å². The Hall–Kier alpha value is -1.47. The second-order valence-corrected chi connectivity index (χ2v) is 10.0. The molecule has 0 amide bonds. The number of carbonyl (C=O) groups excluding carboxylic acids is 1. The largest absolute Gasteiger partial charge is 0.494 e. The minimum absolute atomic E-state index is 0.0439. The predicted molar refractivity (Wildman–Crippen MR) is 113 cm³/mol. The monoisotopic (exact) mass is 430 g/mol. The van der Waals surface area contributed by atoms with Crippen LogP contribution < -0.4 is 4.74 Å². The lowest BCUT2D eigenvalue weighted by Gasteiger charge is -2.70. The van der Waals surface area contributed by atoms with E-state index in [1.54, 1.807) is 7.11 Å². The fraction of sp³-hybridized carbons (Fsp3) is 0.720. The van der Waals surface area contributed by atoms with Crippen LogP contribution in [0.25, 0.3) is 0 Å². The Bertz CT molecular complexity index is 804. The number of methoxy groups -OCH3 is 1. The van der Waals surface area contributed by atoms with Crippen molar-refractivity contribution in [2.45, 2.75) is 69.4 Å². The molecule has 0 N–H and O–H groups in total. The van der Waals surface area contributed by atoms with Gasteiger partial charge in [-0.25, -0.2) is 4.89 Å². The Morgan fingerprint density at radius 3 is 2.58 bits per heavy atom. The molecule has 0 radical (unpaired) electrons. The Labute approximate surface area is 184 Å². The van der Waals surface area contributed by atoms with Gasteiger partial charge >= 0.3 is 0 Å². The van der Waals surface area contributed by atoms with Crippen molar-refractivity contribution < 1.29 is 28.8 Å². The molecule has 1 heterocycles. The molecule has 0 aromatic heterocycles. The molecule has 1 saturated heterocycles. The Morgan fingerprint density at radius 2 is 1.97 bits per heavy atom. The van der Waals surface area contributed by atoms with Crippen molar-refractivity contribution in [1.29, 1.82) is 0 Å². The number of aldehydes is 1. The first-order valence-electron chi connectivity index (χ1n) is 11.8. The Balaban J connectivity index is 1.42. The summed E-state index contributed by atoms with van der Waals surface area (Å²) in [5.74, 6) is 1.21. The summed E-state index contributed by atoms with van der Waals surface area (Å²) in [5, 5.41) is 0. The van der Waals surface area contributed by atoms with Gasteiger partial charge in [0.1, 0.15) is 12.0 Å². The minimum atomic E-state index is -0.921. The van der Waals surface area contributed by atoms with Crippen LogP contribution in [0, 0.1) is 23.7 Å². The first-order valence-corrected chi connectivity index (χ1v) is 11.8. The number of ether oxygens (including phenoxy) is 3. The quantitative estimate of drug-likeness (QED) is 0.427. The summed E-state index contributed by atoms with van der Waals surface area (Å²) in [5.41, 5.74) is 0.358. The summed E-state index contributed by atoms with van der Waals surface area (Å²) in [6, 6.07) is 8.03. The molecule has 1 aromatic rings. The highest BCUT2D eigenvalue weighted by Gasteiger charge is 2.78. The van der Waals surface area contributed by atoms with Crippen molar-refractivity contribution in [2.75, 3.05) is 20.3 Å². The summed E-state index contributed by atoms with van der Waals surface area (Å²) in [6.45, 7) is 5.19. The molecule has 170 valence electrons. The molecule has 1 aliphatic heterocycles. The van der Waals surface area contributed by atoms with Crippen molar-refractivity contribution >= 4 is 6.29 Å². The highest BCUT2D eigenvalue weighted by molar-refractivity contribution is 5.52. The van der Waals surface area contributed by atoms with Crippen LogP contribution in [0.3, 0.4) is 0 Å². The van der Waals surface area contributed by atoms with Gasteiger partial charge in [0.05, 0.1) is 12.2 Å². The average molecular weight is 431 g/mol. The van der Waals surface area contributed by atoms with Gasteiger partial charge in [0, 0.05) is 37.0 Å². The van der Waals surface area contributed by atoms with Crippen molar-refractivity contribution in [3.05, 3.63) is 29.8 Å². The van der Waals surface area contributed by atoms with Gasteiger partial charge in [-0.2, -0.15) is 4.89 Å². The third-order valence-electron chi connectivity index (χ3n) is 8.18. The van der Waals surface area contributed by atoms with Crippen LogP contribution in [-0.2, 0) is 29.8 Å². The molecular weight excluding hydrogens is 396 g/mol. The standard InChI is InChI=1S/C25H34O6/c1-4-28-22-7-5-6-19(12-22)25(27-3)24(30-31-25)20-10-18-11-21(24)15-23(13-18,14-20)29-9-8-17(2)16-26/h5-7,12,16-18,20-21H,4,8-11,13-15H2,1-3H3. The number of hydrogen-bond acceptors (Lipinski definition) is 6. The zero-order valence-electron chi connectivity index (χ0n) is 18.8. The Kier molecular flexibility index (Phi) is 5.40. The molecular formula is C25H34O6. The van der Waals surface area contributed by atoms with E-state index in [2.05, 4.69) is 6.07 Å². The fourth-order valence-corrected chi connectivity index (χ4v) is 7.03. The number of hydrogen-bond donors (Lipinski definition) is 0. The lowest BCUT2D eigenvalue weighted by atomic mass is 9.45. The summed E-state index contributed by atoms with van der Waals surface area (Å²) in [7, 11) is 1.72. The minimum Gasteiger partial charge on any atom is -0.494 e. The molecule has 5 fully saturated rings. The van der Waals surface area contributed by atoms with Crippen LogP contribution in [0.2, 0.25) is 0 Å². The molecule has 4 unspecified atom stereocenters. The van der Waals surface area contributed by atoms with Gasteiger partial charge < -0.3 is 19.0 Å². The van der Waals surface area contributed by atoms with E-state index >= 15 is 0 Å². The first kappa shape index (κ1) is 21.4. The first-order chi connectivity index (χ1) is 15.0. The van der Waals surface area contributed by atoms with Crippen molar-refractivity contribution in [3.63, 3.8) is 0 Å². The summed E-state index contributed by atoms with van der Waals surface area (Å²) >= 11 is 0. The normalized spacial score (nSPS) is 41.2. The molecule has 4 aliphatic carbocycles. The third-order valence-corrected chi connectivity index (χ3v) is 8.18. The molecule has 4 atom stereocenters. The topological polar surface area (TPSA) is 63.2 Å². The molecule has 1 aromatic carbocycles. The van der Waals surface area contributed by atoms with E-state index in [9.17, 15) is 4.79 Å². The van der Waals surface area contributed by atoms with E-state index in [1.165, 1.54) is 0 Å². The van der Waals surface area contributed by atoms with Gasteiger partial charge in [0.25, 0.3) is 5.79 Å². The van der Waals surface area contributed by atoms with E-state index in [1.807, 2.05) is 32.0 Å². The lowest BCUT2D eigenvalue weighted by molar-refractivity contribution is -0.647. The maximum atomic E-state index is 11.0. The van der Waals surface area contributed by atoms with Gasteiger partial charge in [0.15, 0.2) is 5.60 Å². The summed E-state index contributed by atoms with van der Waals surface area (Å²) in [4.78, 5) is 22.9. The second-order valence-electron chi connectivity index (χ2n) is 10.0. The molecule has 5 aliphatic rings. The summed E-state index contributed by atoms with van der Waals surface area (Å²) in [6.07, 6.45) is 7.05. The molecule has 4 saturated carbocycles. The molecule has 4 bridgehead atoms. The van der Waals surface area contributed by atoms with Gasteiger partial charge in [-0.3, -0.25) is 0 Å². The molecule has 1 spiro atoms. The van der Waals surface area contributed by atoms with Crippen LogP contribution in [0.4, 0.5) is 0 Å². The van der Waals surface area contributed by atoms with Crippen LogP contribution in [0.1, 0.15) is 57.9 Å². The van der Waals surface area contributed by atoms with Gasteiger partial charge in [-0.05, 0) is 63.5 Å². The smallest absolute Gasteiger partial charge is 0.260 e. The van der Waals surface area contributed by atoms with E-state index in [0.29, 0.717) is 31.0 Å². The molecule has 6 nitrogen and oxygen atoms in total. The van der Waals surface area contributed by atoms with Crippen molar-refractivity contribution in [3.8, 4) is 5.75 Å². The predicted octanol–water partition coefficient (Wildman–Crippen LogP) is 4.41. The van der Waals surface area contributed by atoms with E-state index in [4.69, 9.17) is 24.0 Å². The highest BCUT2D eigenvalue weighted by Crippen LogP contribution is 2.70. The van der Waals surface area contributed by atoms with Crippen molar-refractivity contribution in [2.24, 2.45) is 23.7 Å². The van der Waals surface area contributed by atoms with Crippen molar-refractivity contribution in [1.82, 2.24) is 0 Å². The van der Waals surface area contributed by atoms with E-state index < -0.39 is 11.4 Å². The molecule has 6 heteroatoms. The molecule has 31 heavy (non-hydrogen) atoms. The zero-order chi connectivity index (χ0) is 21.7. The lowest BCUT2D eigenvalue weighted by Crippen LogP contribution is -2.78. The SMILES string of the molecule is CCOc1cccc(C2(OC)OOC23C2CC4CC3CC(OCCC(C)C=O)(C4)C2)c1. The van der Waals surface area contributed by atoms with Crippen LogP contribution in [0.15, 0.2) is 24.3 Å². The average Bonchev–Trinajstić information content (AvgIpc) is 2.73. The molecule has 6 rings (SSSR count). The summed E-state index contributed by atoms with van der Waals surface area (Å²) < 4.78 is 18.4. The number of carbonyl (C=O) groups is 1. The van der Waals surface area contributed by atoms with E-state index in [-0.39, 0.29) is 11.5 Å². The third kappa shape index (κ3) is 3.10. The fourth-order valence-electron chi connectivity index (χ4n) is 7.03. The Morgan fingerprint density at radius 1 is 1.19 bits per heavy atom. The van der Waals surface area contributed by atoms with Gasteiger partial charge in [-0.15, -0.1) is 0 Å².